The second kappa shape index (κ2) is 10.1. The van der Waals surface area contributed by atoms with Gasteiger partial charge in [-0.25, -0.2) is 8.42 Å². The van der Waals surface area contributed by atoms with Gasteiger partial charge in [-0.05, 0) is 30.0 Å². The first-order chi connectivity index (χ1) is 15.9. The Morgan fingerprint density at radius 1 is 1.03 bits per heavy atom. The standard InChI is InChI=1S/C25H32N4O3S/c1-3-19(2)23(26-24-21-12-7-8-13-22(21)33(31,32)27-24)25(30)29-15-9-14-28(16-17-29)18-20-10-5-4-6-11-20/h4-8,10-13,19,23H,3,9,14-18H2,1-2H3,(H,26,27)/t19-,23-/m0/s1. The summed E-state index contributed by atoms with van der Waals surface area (Å²) in [6.07, 6.45) is 1.67. The number of hydrogen-bond donors (Lipinski definition) is 1. The number of sulfonamides is 1. The fraction of sp³-hybridized carbons (Fsp3) is 0.440. The third-order valence-corrected chi connectivity index (χ3v) is 7.91. The maximum atomic E-state index is 13.6. The zero-order valence-electron chi connectivity index (χ0n) is 19.3. The first-order valence-corrected chi connectivity index (χ1v) is 13.1. The second-order valence-corrected chi connectivity index (χ2v) is 10.5. The third-order valence-electron chi connectivity index (χ3n) is 6.52. The summed E-state index contributed by atoms with van der Waals surface area (Å²) in [5.74, 6) is 0.234. The van der Waals surface area contributed by atoms with Crippen molar-refractivity contribution >= 4 is 21.8 Å². The molecule has 176 valence electrons. The average Bonchev–Trinajstić information content (AvgIpc) is 2.95. The summed E-state index contributed by atoms with van der Waals surface area (Å²) in [4.78, 5) is 22.8. The summed E-state index contributed by atoms with van der Waals surface area (Å²) in [7, 11) is -3.64. The zero-order valence-corrected chi connectivity index (χ0v) is 20.1. The number of carbonyl (C=O) groups is 1. The van der Waals surface area contributed by atoms with E-state index >= 15 is 0 Å². The predicted octanol–water partition coefficient (Wildman–Crippen LogP) is 2.87. The van der Waals surface area contributed by atoms with E-state index in [1.807, 2.05) is 36.9 Å². The fourth-order valence-electron chi connectivity index (χ4n) is 4.40. The molecule has 0 aromatic heterocycles. The van der Waals surface area contributed by atoms with Crippen molar-refractivity contribution in [3.8, 4) is 0 Å². The smallest absolute Gasteiger partial charge is 0.263 e. The van der Waals surface area contributed by atoms with E-state index in [1.165, 1.54) is 5.56 Å². The molecule has 1 amide bonds. The molecule has 2 aromatic rings. The molecule has 1 saturated heterocycles. The number of benzene rings is 2. The molecule has 2 heterocycles. The van der Waals surface area contributed by atoms with Crippen molar-refractivity contribution in [3.63, 3.8) is 0 Å². The molecule has 2 aromatic carbocycles. The summed E-state index contributed by atoms with van der Waals surface area (Å²) in [6.45, 7) is 7.98. The molecule has 0 aliphatic carbocycles. The van der Waals surface area contributed by atoms with Gasteiger partial charge in [0, 0.05) is 38.3 Å². The number of nitrogens with zero attached hydrogens (tertiary/aromatic N) is 3. The van der Waals surface area contributed by atoms with Crippen molar-refractivity contribution in [2.45, 2.75) is 44.2 Å². The lowest BCUT2D eigenvalue weighted by Gasteiger charge is -2.27. The fourth-order valence-corrected chi connectivity index (χ4v) is 5.64. The maximum Gasteiger partial charge on any atom is 0.263 e. The van der Waals surface area contributed by atoms with E-state index in [2.05, 4.69) is 21.8 Å². The van der Waals surface area contributed by atoms with Gasteiger partial charge in [0.1, 0.15) is 11.9 Å². The Kier molecular flexibility index (Phi) is 7.14. The van der Waals surface area contributed by atoms with Crippen LogP contribution in [0.2, 0.25) is 0 Å². The van der Waals surface area contributed by atoms with Crippen LogP contribution in [0.3, 0.4) is 0 Å². The van der Waals surface area contributed by atoms with Gasteiger partial charge in [-0.1, -0.05) is 62.7 Å². The van der Waals surface area contributed by atoms with E-state index in [1.54, 1.807) is 24.3 Å². The molecule has 2 aliphatic heterocycles. The molecule has 0 saturated carbocycles. The largest absolute Gasteiger partial charge is 0.340 e. The molecule has 0 bridgehead atoms. The molecular weight excluding hydrogens is 436 g/mol. The zero-order chi connectivity index (χ0) is 23.4. The molecule has 1 N–H and O–H groups in total. The molecule has 0 spiro atoms. The Morgan fingerprint density at radius 3 is 2.52 bits per heavy atom. The number of hydrogen-bond acceptors (Lipinski definition) is 5. The molecular formula is C25H32N4O3S. The van der Waals surface area contributed by atoms with Crippen LogP contribution in [0.1, 0.15) is 37.8 Å². The molecule has 4 rings (SSSR count). The Bertz CT molecular complexity index is 1120. The first-order valence-electron chi connectivity index (χ1n) is 11.6. The Morgan fingerprint density at radius 2 is 1.76 bits per heavy atom. The van der Waals surface area contributed by atoms with Crippen LogP contribution in [0.4, 0.5) is 0 Å². The Labute approximate surface area is 196 Å². The van der Waals surface area contributed by atoms with Gasteiger partial charge in [-0.2, -0.15) is 0 Å². The van der Waals surface area contributed by atoms with Crippen LogP contribution in [-0.4, -0.2) is 62.2 Å². The summed E-state index contributed by atoms with van der Waals surface area (Å²) < 4.78 is 27.5. The highest BCUT2D eigenvalue weighted by Crippen LogP contribution is 2.25. The van der Waals surface area contributed by atoms with Crippen molar-refractivity contribution < 1.29 is 13.2 Å². The monoisotopic (exact) mass is 468 g/mol. The topological polar surface area (TPSA) is 82.1 Å². The summed E-state index contributed by atoms with van der Waals surface area (Å²) in [6, 6.07) is 16.5. The number of amidine groups is 1. The van der Waals surface area contributed by atoms with E-state index < -0.39 is 16.1 Å². The van der Waals surface area contributed by atoms with Gasteiger partial charge in [-0.15, -0.1) is 0 Å². The van der Waals surface area contributed by atoms with Gasteiger partial charge >= 0.3 is 0 Å². The van der Waals surface area contributed by atoms with Crippen molar-refractivity contribution in [2.24, 2.45) is 10.9 Å². The van der Waals surface area contributed by atoms with E-state index in [0.717, 1.165) is 32.5 Å². The maximum absolute atomic E-state index is 13.6. The molecule has 2 aliphatic rings. The normalized spacial score (nSPS) is 21.2. The van der Waals surface area contributed by atoms with E-state index in [4.69, 9.17) is 4.99 Å². The highest BCUT2D eigenvalue weighted by molar-refractivity contribution is 7.90. The number of nitrogens with one attached hydrogen (secondary N) is 1. The van der Waals surface area contributed by atoms with Gasteiger partial charge in [0.15, 0.2) is 0 Å². The molecule has 1 fully saturated rings. The van der Waals surface area contributed by atoms with E-state index in [0.29, 0.717) is 18.7 Å². The SMILES string of the molecule is CC[C@H](C)[C@H](N=C1NS(=O)(=O)c2ccccc21)C(=O)N1CCCN(Cc2ccccc2)CC1. The summed E-state index contributed by atoms with van der Waals surface area (Å²) in [5, 5.41) is 0. The predicted molar refractivity (Wildman–Crippen MR) is 129 cm³/mol. The molecule has 2 atom stereocenters. The molecule has 0 radical (unpaired) electrons. The number of aliphatic imine (C=N–C) groups is 1. The van der Waals surface area contributed by atoms with Crippen LogP contribution in [-0.2, 0) is 21.4 Å². The molecule has 33 heavy (non-hydrogen) atoms. The first kappa shape index (κ1) is 23.4. The van der Waals surface area contributed by atoms with Crippen LogP contribution in [0.15, 0.2) is 64.5 Å². The van der Waals surface area contributed by atoms with Crippen LogP contribution in [0.25, 0.3) is 0 Å². The lowest BCUT2D eigenvalue weighted by atomic mass is 9.98. The van der Waals surface area contributed by atoms with Crippen molar-refractivity contribution in [2.75, 3.05) is 26.2 Å². The quantitative estimate of drug-likeness (QED) is 0.707. The lowest BCUT2D eigenvalue weighted by Crippen LogP contribution is -2.44. The molecule has 0 unspecified atom stereocenters. The average molecular weight is 469 g/mol. The van der Waals surface area contributed by atoms with Gasteiger partial charge in [0.05, 0.1) is 4.90 Å². The summed E-state index contributed by atoms with van der Waals surface area (Å²) >= 11 is 0. The van der Waals surface area contributed by atoms with Crippen molar-refractivity contribution in [3.05, 3.63) is 65.7 Å². The summed E-state index contributed by atoms with van der Waals surface area (Å²) in [5.41, 5.74) is 1.80. The molecule has 7 nitrogen and oxygen atoms in total. The highest BCUT2D eigenvalue weighted by Gasteiger charge is 2.34. The van der Waals surface area contributed by atoms with E-state index in [-0.39, 0.29) is 22.6 Å². The minimum atomic E-state index is -3.64. The van der Waals surface area contributed by atoms with E-state index in [9.17, 15) is 13.2 Å². The van der Waals surface area contributed by atoms with Crippen LogP contribution in [0.5, 0.6) is 0 Å². The van der Waals surface area contributed by atoms with Gasteiger partial charge in [-0.3, -0.25) is 19.4 Å². The Hall–Kier alpha value is -2.71. The third kappa shape index (κ3) is 5.28. The lowest BCUT2D eigenvalue weighted by molar-refractivity contribution is -0.133. The van der Waals surface area contributed by atoms with Crippen LogP contribution in [0, 0.1) is 5.92 Å². The van der Waals surface area contributed by atoms with Crippen molar-refractivity contribution in [1.29, 1.82) is 0 Å². The van der Waals surface area contributed by atoms with Gasteiger partial charge < -0.3 is 4.90 Å². The second-order valence-electron chi connectivity index (χ2n) is 8.85. The number of carbonyl (C=O) groups excluding carboxylic acids is 1. The number of rotatable bonds is 6. The highest BCUT2D eigenvalue weighted by atomic mass is 32.2. The minimum absolute atomic E-state index is 0.00839. The minimum Gasteiger partial charge on any atom is -0.340 e. The number of fused-ring (bicyclic) bond motifs is 1. The van der Waals surface area contributed by atoms with Crippen LogP contribution < -0.4 is 4.72 Å². The van der Waals surface area contributed by atoms with Gasteiger partial charge in [0.25, 0.3) is 10.0 Å². The van der Waals surface area contributed by atoms with Crippen LogP contribution >= 0.6 is 0 Å². The molecule has 8 heteroatoms. The number of amides is 1. The van der Waals surface area contributed by atoms with Gasteiger partial charge in [0.2, 0.25) is 5.91 Å². The Balaban J connectivity index is 1.51. The van der Waals surface area contributed by atoms with Crippen molar-refractivity contribution in [1.82, 2.24) is 14.5 Å².